The number of piperidine rings is 1. The summed E-state index contributed by atoms with van der Waals surface area (Å²) in [4.78, 5) is 14.1. The van der Waals surface area contributed by atoms with Crippen LogP contribution in [0, 0.1) is 5.92 Å². The SMILES string of the molecule is CC1CCN(C(=O)COc2ccc(Cc3ccccc3)cc2)CC1. The molecule has 0 unspecified atom stereocenters. The molecular formula is C21H25NO2. The van der Waals surface area contributed by atoms with Crippen LogP contribution in [0.5, 0.6) is 5.75 Å². The van der Waals surface area contributed by atoms with E-state index in [1.807, 2.05) is 23.1 Å². The molecule has 3 rings (SSSR count). The monoisotopic (exact) mass is 323 g/mol. The number of amides is 1. The van der Waals surface area contributed by atoms with E-state index in [4.69, 9.17) is 4.74 Å². The molecule has 0 saturated carbocycles. The van der Waals surface area contributed by atoms with Gasteiger partial charge in [0.15, 0.2) is 6.61 Å². The van der Waals surface area contributed by atoms with Crippen molar-refractivity contribution in [2.24, 2.45) is 5.92 Å². The molecule has 1 aliphatic heterocycles. The number of hydrogen-bond donors (Lipinski definition) is 0. The van der Waals surface area contributed by atoms with E-state index in [0.29, 0.717) is 0 Å². The first-order chi connectivity index (χ1) is 11.7. The Balaban J connectivity index is 1.48. The zero-order valence-corrected chi connectivity index (χ0v) is 14.3. The van der Waals surface area contributed by atoms with E-state index >= 15 is 0 Å². The summed E-state index contributed by atoms with van der Waals surface area (Å²) in [6.45, 7) is 4.10. The summed E-state index contributed by atoms with van der Waals surface area (Å²) in [7, 11) is 0. The van der Waals surface area contributed by atoms with E-state index in [9.17, 15) is 4.79 Å². The highest BCUT2D eigenvalue weighted by Crippen LogP contribution is 2.18. The van der Waals surface area contributed by atoms with Crippen molar-refractivity contribution in [3.05, 3.63) is 65.7 Å². The molecule has 0 spiro atoms. The van der Waals surface area contributed by atoms with Crippen molar-refractivity contribution >= 4 is 5.91 Å². The van der Waals surface area contributed by atoms with Crippen molar-refractivity contribution in [3.8, 4) is 5.75 Å². The molecule has 0 N–H and O–H groups in total. The Morgan fingerprint density at radius 2 is 1.62 bits per heavy atom. The Labute approximate surface area is 144 Å². The lowest BCUT2D eigenvalue weighted by Gasteiger charge is -2.30. The first-order valence-electron chi connectivity index (χ1n) is 8.74. The molecule has 24 heavy (non-hydrogen) atoms. The summed E-state index contributed by atoms with van der Waals surface area (Å²) in [6, 6.07) is 18.4. The van der Waals surface area contributed by atoms with Gasteiger partial charge in [0.05, 0.1) is 0 Å². The average Bonchev–Trinajstić information content (AvgIpc) is 2.62. The molecule has 1 heterocycles. The Morgan fingerprint density at radius 3 is 2.29 bits per heavy atom. The highest BCUT2D eigenvalue weighted by Gasteiger charge is 2.20. The molecule has 0 bridgehead atoms. The van der Waals surface area contributed by atoms with Crippen molar-refractivity contribution in [1.29, 1.82) is 0 Å². The topological polar surface area (TPSA) is 29.5 Å². The van der Waals surface area contributed by atoms with Gasteiger partial charge >= 0.3 is 0 Å². The van der Waals surface area contributed by atoms with Crippen LogP contribution in [-0.2, 0) is 11.2 Å². The molecule has 3 nitrogen and oxygen atoms in total. The van der Waals surface area contributed by atoms with Crippen molar-refractivity contribution in [2.45, 2.75) is 26.2 Å². The van der Waals surface area contributed by atoms with Crippen LogP contribution < -0.4 is 4.74 Å². The maximum atomic E-state index is 12.2. The summed E-state index contributed by atoms with van der Waals surface area (Å²) < 4.78 is 5.66. The highest BCUT2D eigenvalue weighted by atomic mass is 16.5. The van der Waals surface area contributed by atoms with E-state index in [0.717, 1.165) is 44.0 Å². The third-order valence-electron chi connectivity index (χ3n) is 4.67. The van der Waals surface area contributed by atoms with Gasteiger partial charge in [-0.25, -0.2) is 0 Å². The minimum absolute atomic E-state index is 0.0928. The van der Waals surface area contributed by atoms with Crippen LogP contribution in [-0.4, -0.2) is 30.5 Å². The van der Waals surface area contributed by atoms with Gasteiger partial charge in [0.25, 0.3) is 5.91 Å². The van der Waals surface area contributed by atoms with Crippen molar-refractivity contribution in [2.75, 3.05) is 19.7 Å². The average molecular weight is 323 g/mol. The van der Waals surface area contributed by atoms with Crippen LogP contribution >= 0.6 is 0 Å². The van der Waals surface area contributed by atoms with E-state index < -0.39 is 0 Å². The van der Waals surface area contributed by atoms with Gasteiger partial charge in [0.2, 0.25) is 0 Å². The summed E-state index contributed by atoms with van der Waals surface area (Å²) in [6.07, 6.45) is 3.10. The summed E-state index contributed by atoms with van der Waals surface area (Å²) in [5.41, 5.74) is 2.53. The molecule has 0 aliphatic carbocycles. The van der Waals surface area contributed by atoms with Crippen LogP contribution in [0.1, 0.15) is 30.9 Å². The van der Waals surface area contributed by atoms with E-state index in [1.165, 1.54) is 11.1 Å². The Morgan fingerprint density at radius 1 is 1.00 bits per heavy atom. The minimum Gasteiger partial charge on any atom is -0.484 e. The number of likely N-dealkylation sites (tertiary alicyclic amines) is 1. The molecule has 2 aromatic rings. The Bertz CT molecular complexity index is 643. The Kier molecular flexibility index (Phi) is 5.52. The molecule has 1 saturated heterocycles. The van der Waals surface area contributed by atoms with Crippen LogP contribution in [0.25, 0.3) is 0 Å². The quantitative estimate of drug-likeness (QED) is 0.835. The van der Waals surface area contributed by atoms with Gasteiger partial charge in [-0.05, 0) is 48.4 Å². The first-order valence-corrected chi connectivity index (χ1v) is 8.74. The number of hydrogen-bond acceptors (Lipinski definition) is 2. The van der Waals surface area contributed by atoms with Crippen LogP contribution in [0.3, 0.4) is 0 Å². The summed E-state index contributed by atoms with van der Waals surface area (Å²) in [5.74, 6) is 1.58. The van der Waals surface area contributed by atoms with Gasteiger partial charge in [0, 0.05) is 13.1 Å². The van der Waals surface area contributed by atoms with Crippen LogP contribution in [0.4, 0.5) is 0 Å². The predicted molar refractivity (Wildman–Crippen MR) is 96.2 cm³/mol. The second kappa shape index (κ2) is 8.00. The van der Waals surface area contributed by atoms with Crippen molar-refractivity contribution in [3.63, 3.8) is 0 Å². The van der Waals surface area contributed by atoms with Crippen molar-refractivity contribution in [1.82, 2.24) is 4.90 Å². The smallest absolute Gasteiger partial charge is 0.260 e. The number of benzene rings is 2. The zero-order valence-electron chi connectivity index (χ0n) is 14.3. The lowest BCUT2D eigenvalue weighted by Crippen LogP contribution is -2.40. The van der Waals surface area contributed by atoms with Gasteiger partial charge in [-0.3, -0.25) is 4.79 Å². The second-order valence-corrected chi connectivity index (χ2v) is 6.66. The number of carbonyl (C=O) groups excluding carboxylic acids is 1. The van der Waals surface area contributed by atoms with E-state index in [1.54, 1.807) is 0 Å². The van der Waals surface area contributed by atoms with Crippen LogP contribution in [0.2, 0.25) is 0 Å². The van der Waals surface area contributed by atoms with E-state index in [-0.39, 0.29) is 12.5 Å². The molecule has 3 heteroatoms. The zero-order chi connectivity index (χ0) is 16.8. The second-order valence-electron chi connectivity index (χ2n) is 6.66. The fourth-order valence-electron chi connectivity index (χ4n) is 3.03. The normalized spacial score (nSPS) is 15.3. The van der Waals surface area contributed by atoms with Gasteiger partial charge < -0.3 is 9.64 Å². The van der Waals surface area contributed by atoms with Crippen molar-refractivity contribution < 1.29 is 9.53 Å². The number of ether oxygens (including phenoxy) is 1. The maximum Gasteiger partial charge on any atom is 0.260 e. The molecule has 1 fully saturated rings. The largest absolute Gasteiger partial charge is 0.484 e. The van der Waals surface area contributed by atoms with Gasteiger partial charge in [-0.1, -0.05) is 49.4 Å². The molecule has 0 aromatic heterocycles. The summed E-state index contributed by atoms with van der Waals surface area (Å²) in [5, 5.41) is 0. The molecule has 1 amide bonds. The lowest BCUT2D eigenvalue weighted by molar-refractivity contribution is -0.134. The van der Waals surface area contributed by atoms with Crippen LogP contribution in [0.15, 0.2) is 54.6 Å². The molecule has 0 radical (unpaired) electrons. The third-order valence-corrected chi connectivity index (χ3v) is 4.67. The molecule has 2 aromatic carbocycles. The third kappa shape index (κ3) is 4.60. The first kappa shape index (κ1) is 16.6. The molecule has 1 aliphatic rings. The lowest BCUT2D eigenvalue weighted by atomic mass is 9.99. The maximum absolute atomic E-state index is 12.2. The number of carbonyl (C=O) groups is 1. The van der Waals surface area contributed by atoms with Gasteiger partial charge in [-0.15, -0.1) is 0 Å². The number of nitrogens with zero attached hydrogens (tertiary/aromatic N) is 1. The summed E-state index contributed by atoms with van der Waals surface area (Å²) >= 11 is 0. The van der Waals surface area contributed by atoms with Gasteiger partial charge in [0.1, 0.15) is 5.75 Å². The van der Waals surface area contributed by atoms with Gasteiger partial charge in [-0.2, -0.15) is 0 Å². The fourth-order valence-corrected chi connectivity index (χ4v) is 3.03. The molecular weight excluding hydrogens is 298 g/mol. The minimum atomic E-state index is 0.0928. The predicted octanol–water partition coefficient (Wildman–Crippen LogP) is 3.91. The number of rotatable bonds is 5. The fraction of sp³-hybridized carbons (Fsp3) is 0.381. The molecule has 126 valence electrons. The standard InChI is InChI=1S/C21H25NO2/c1-17-11-13-22(14-12-17)21(23)16-24-20-9-7-19(8-10-20)15-18-5-3-2-4-6-18/h2-10,17H,11-16H2,1H3. The highest BCUT2D eigenvalue weighted by molar-refractivity contribution is 5.77. The Hall–Kier alpha value is -2.29. The van der Waals surface area contributed by atoms with E-state index in [2.05, 4.69) is 43.3 Å². The molecule has 0 atom stereocenters.